The number of halogens is 1. The van der Waals surface area contributed by atoms with Crippen LogP contribution >= 0.6 is 0 Å². The van der Waals surface area contributed by atoms with E-state index in [4.69, 9.17) is 0 Å². The van der Waals surface area contributed by atoms with Crippen LogP contribution in [0.15, 0.2) is 53.3 Å². The minimum Gasteiger partial charge on any atom is -0.375 e. The van der Waals surface area contributed by atoms with E-state index in [1.807, 2.05) is 38.1 Å². The summed E-state index contributed by atoms with van der Waals surface area (Å²) in [6, 6.07) is 14.5. The molecule has 2 aromatic carbocycles. The first-order valence-corrected chi connectivity index (χ1v) is 9.02. The number of fused-ring (bicyclic) bond motifs is 1. The van der Waals surface area contributed by atoms with E-state index in [0.717, 1.165) is 5.56 Å². The summed E-state index contributed by atoms with van der Waals surface area (Å²) < 4.78 is 15.1. The molecule has 0 saturated heterocycles. The Labute approximate surface area is 161 Å². The summed E-state index contributed by atoms with van der Waals surface area (Å²) in [4.78, 5) is 21.7. The SMILES string of the molecule is Cc1ccc(Cc2c(C)nc3nc(CNc4ccccc4F)[nH]n3c2=O)cc1. The van der Waals surface area contributed by atoms with Gasteiger partial charge in [0.15, 0.2) is 0 Å². The number of H-pyrrole nitrogens is 1. The topological polar surface area (TPSA) is 75.1 Å². The van der Waals surface area contributed by atoms with Crippen molar-refractivity contribution >= 4 is 11.5 Å². The Morgan fingerprint density at radius 3 is 2.57 bits per heavy atom. The summed E-state index contributed by atoms with van der Waals surface area (Å²) in [6.07, 6.45) is 0.503. The standard InChI is InChI=1S/C21H20FN5O/c1-13-7-9-15(10-8-13)11-16-14(2)24-21-25-19(26-27(21)20(16)28)12-23-18-6-4-3-5-17(18)22/h3-10,23H,11-12H2,1-2H3,(H,24,25,26). The number of nitrogens with zero attached hydrogens (tertiary/aromatic N) is 3. The highest BCUT2D eigenvalue weighted by Gasteiger charge is 2.14. The van der Waals surface area contributed by atoms with Crippen LogP contribution in [0.5, 0.6) is 0 Å². The Morgan fingerprint density at radius 1 is 1.07 bits per heavy atom. The van der Waals surface area contributed by atoms with Crippen molar-refractivity contribution in [3.8, 4) is 0 Å². The summed E-state index contributed by atoms with van der Waals surface area (Å²) in [6.45, 7) is 4.09. The van der Waals surface area contributed by atoms with E-state index < -0.39 is 0 Å². The van der Waals surface area contributed by atoms with Crippen LogP contribution in [0.3, 0.4) is 0 Å². The second-order valence-corrected chi connectivity index (χ2v) is 6.78. The highest BCUT2D eigenvalue weighted by molar-refractivity contribution is 5.44. The fraction of sp³-hybridized carbons (Fsp3) is 0.190. The number of nitrogens with one attached hydrogen (secondary N) is 2. The fourth-order valence-corrected chi connectivity index (χ4v) is 3.07. The van der Waals surface area contributed by atoms with Crippen molar-refractivity contribution in [2.75, 3.05) is 5.32 Å². The average molecular weight is 377 g/mol. The van der Waals surface area contributed by atoms with Crippen molar-refractivity contribution in [2.24, 2.45) is 0 Å². The zero-order valence-corrected chi connectivity index (χ0v) is 15.7. The summed E-state index contributed by atoms with van der Waals surface area (Å²) in [5.41, 5.74) is 3.70. The lowest BCUT2D eigenvalue weighted by molar-refractivity contribution is 0.629. The van der Waals surface area contributed by atoms with Crippen LogP contribution in [0.25, 0.3) is 5.78 Å². The van der Waals surface area contributed by atoms with Gasteiger partial charge >= 0.3 is 0 Å². The van der Waals surface area contributed by atoms with Gasteiger partial charge in [-0.15, -0.1) is 0 Å². The van der Waals surface area contributed by atoms with E-state index in [1.165, 1.54) is 16.1 Å². The molecular weight excluding hydrogens is 357 g/mol. The van der Waals surface area contributed by atoms with Crippen LogP contribution in [0.1, 0.15) is 28.2 Å². The molecule has 0 aliphatic heterocycles. The normalized spacial score (nSPS) is 11.1. The summed E-state index contributed by atoms with van der Waals surface area (Å²) in [5.74, 6) is 0.463. The zero-order chi connectivity index (χ0) is 19.7. The molecule has 28 heavy (non-hydrogen) atoms. The van der Waals surface area contributed by atoms with E-state index >= 15 is 0 Å². The van der Waals surface area contributed by atoms with E-state index in [1.54, 1.807) is 18.2 Å². The molecule has 0 radical (unpaired) electrons. The van der Waals surface area contributed by atoms with Gasteiger partial charge in [-0.05, 0) is 31.5 Å². The molecule has 4 rings (SSSR count). The molecule has 0 spiro atoms. The number of aryl methyl sites for hydroxylation is 2. The quantitative estimate of drug-likeness (QED) is 0.559. The van der Waals surface area contributed by atoms with Crippen molar-refractivity contribution in [1.29, 1.82) is 0 Å². The monoisotopic (exact) mass is 377 g/mol. The summed E-state index contributed by atoms with van der Waals surface area (Å²) in [5, 5.41) is 5.93. The Hall–Kier alpha value is -3.48. The number of hydrogen-bond acceptors (Lipinski definition) is 4. The number of aromatic nitrogens is 4. The maximum Gasteiger partial charge on any atom is 0.277 e. The Kier molecular flexibility index (Phi) is 4.65. The molecule has 0 unspecified atom stereocenters. The van der Waals surface area contributed by atoms with Crippen LogP contribution in [0.4, 0.5) is 10.1 Å². The average Bonchev–Trinajstić information content (AvgIpc) is 3.09. The largest absolute Gasteiger partial charge is 0.375 e. The minimum absolute atomic E-state index is 0.173. The van der Waals surface area contributed by atoms with Gasteiger partial charge in [-0.3, -0.25) is 9.89 Å². The van der Waals surface area contributed by atoms with Gasteiger partial charge in [-0.2, -0.15) is 9.50 Å². The van der Waals surface area contributed by atoms with Crippen molar-refractivity contribution in [3.05, 3.63) is 92.9 Å². The van der Waals surface area contributed by atoms with E-state index in [-0.39, 0.29) is 17.9 Å². The van der Waals surface area contributed by atoms with Crippen LogP contribution in [-0.2, 0) is 13.0 Å². The smallest absolute Gasteiger partial charge is 0.277 e. The van der Waals surface area contributed by atoms with Crippen LogP contribution in [0.2, 0.25) is 0 Å². The Balaban J connectivity index is 1.62. The molecule has 142 valence electrons. The maximum absolute atomic E-state index is 13.7. The first-order valence-electron chi connectivity index (χ1n) is 9.02. The molecule has 0 amide bonds. The van der Waals surface area contributed by atoms with Gasteiger partial charge < -0.3 is 5.32 Å². The van der Waals surface area contributed by atoms with Crippen LogP contribution < -0.4 is 10.9 Å². The molecule has 0 saturated carbocycles. The van der Waals surface area contributed by atoms with Gasteiger partial charge in [-0.1, -0.05) is 42.0 Å². The van der Waals surface area contributed by atoms with Gasteiger partial charge in [0, 0.05) is 12.0 Å². The number of hydrogen-bond donors (Lipinski definition) is 2. The molecule has 6 nitrogen and oxygen atoms in total. The highest BCUT2D eigenvalue weighted by atomic mass is 19.1. The predicted octanol–water partition coefficient (Wildman–Crippen LogP) is 3.38. The first kappa shape index (κ1) is 17.9. The van der Waals surface area contributed by atoms with Gasteiger partial charge in [0.1, 0.15) is 11.6 Å². The summed E-state index contributed by atoms with van der Waals surface area (Å²) in [7, 11) is 0. The third-order valence-corrected chi connectivity index (χ3v) is 4.66. The molecule has 2 aromatic heterocycles. The number of benzene rings is 2. The molecule has 0 fully saturated rings. The van der Waals surface area contributed by atoms with Gasteiger partial charge in [-0.25, -0.2) is 9.37 Å². The number of aromatic amines is 1. The number of rotatable bonds is 5. The second-order valence-electron chi connectivity index (χ2n) is 6.78. The maximum atomic E-state index is 13.7. The molecule has 2 heterocycles. The highest BCUT2D eigenvalue weighted by Crippen LogP contribution is 2.14. The molecule has 2 N–H and O–H groups in total. The van der Waals surface area contributed by atoms with Gasteiger partial charge in [0.2, 0.25) is 0 Å². The fourth-order valence-electron chi connectivity index (χ4n) is 3.07. The van der Waals surface area contributed by atoms with Crippen molar-refractivity contribution in [2.45, 2.75) is 26.8 Å². The van der Waals surface area contributed by atoms with Gasteiger partial charge in [0.05, 0.1) is 17.9 Å². The zero-order valence-electron chi connectivity index (χ0n) is 15.7. The minimum atomic E-state index is -0.342. The molecule has 0 bridgehead atoms. The molecular formula is C21H20FN5O. The van der Waals surface area contributed by atoms with Crippen molar-refractivity contribution in [3.63, 3.8) is 0 Å². The second kappa shape index (κ2) is 7.26. The van der Waals surface area contributed by atoms with E-state index in [9.17, 15) is 9.18 Å². The molecule has 0 aliphatic rings. The van der Waals surface area contributed by atoms with E-state index in [0.29, 0.717) is 35.0 Å². The Morgan fingerprint density at radius 2 is 1.82 bits per heavy atom. The molecule has 7 heteroatoms. The molecule has 0 atom stereocenters. The van der Waals surface area contributed by atoms with Crippen molar-refractivity contribution < 1.29 is 4.39 Å². The Bertz CT molecular complexity index is 1190. The third kappa shape index (κ3) is 3.51. The number of anilines is 1. The lowest BCUT2D eigenvalue weighted by Gasteiger charge is -2.05. The molecule has 0 aliphatic carbocycles. The van der Waals surface area contributed by atoms with Crippen LogP contribution in [-0.4, -0.2) is 19.6 Å². The first-order chi connectivity index (χ1) is 13.5. The lowest BCUT2D eigenvalue weighted by atomic mass is 10.0. The van der Waals surface area contributed by atoms with Gasteiger partial charge in [0.25, 0.3) is 11.3 Å². The molecule has 4 aromatic rings. The summed E-state index contributed by atoms with van der Waals surface area (Å²) >= 11 is 0. The van der Waals surface area contributed by atoms with Crippen molar-refractivity contribution in [1.82, 2.24) is 19.6 Å². The lowest BCUT2D eigenvalue weighted by Crippen LogP contribution is -2.22. The van der Waals surface area contributed by atoms with Crippen LogP contribution in [0, 0.1) is 19.7 Å². The van der Waals surface area contributed by atoms with E-state index in [2.05, 4.69) is 20.4 Å². The predicted molar refractivity (Wildman–Crippen MR) is 106 cm³/mol. The third-order valence-electron chi connectivity index (χ3n) is 4.66. The number of para-hydroxylation sites is 1.